The summed E-state index contributed by atoms with van der Waals surface area (Å²) >= 11 is 0. The van der Waals surface area contributed by atoms with Crippen LogP contribution in [0.25, 0.3) is 10.8 Å². The topological polar surface area (TPSA) is 12.5 Å². The molecule has 1 fully saturated rings. The highest BCUT2D eigenvalue weighted by molar-refractivity contribution is 5.83. The van der Waals surface area contributed by atoms with Gasteiger partial charge in [-0.3, -0.25) is 4.90 Å². The van der Waals surface area contributed by atoms with Gasteiger partial charge in [-0.05, 0) is 55.8 Å². The van der Waals surface area contributed by atoms with Crippen molar-refractivity contribution in [1.29, 1.82) is 0 Å². The van der Waals surface area contributed by atoms with E-state index >= 15 is 0 Å². The van der Waals surface area contributed by atoms with Crippen LogP contribution in [0.15, 0.2) is 42.5 Å². The molecule has 0 aliphatic carbocycles. The fourth-order valence-corrected chi connectivity index (χ4v) is 2.84. The first kappa shape index (κ1) is 12.5. The number of benzene rings is 2. The molecule has 1 heterocycles. The Morgan fingerprint density at radius 2 is 1.79 bits per heavy atom. The molecule has 0 spiro atoms. The van der Waals surface area contributed by atoms with Crippen LogP contribution >= 0.6 is 0 Å². The molecule has 1 aliphatic heterocycles. The second-order valence-electron chi connectivity index (χ2n) is 5.45. The van der Waals surface area contributed by atoms with Crippen molar-refractivity contribution in [3.8, 4) is 5.75 Å². The van der Waals surface area contributed by atoms with Gasteiger partial charge < -0.3 is 4.74 Å². The Bertz CT molecular complexity index is 546. The van der Waals surface area contributed by atoms with E-state index in [0.29, 0.717) is 0 Å². The third-order valence-corrected chi connectivity index (χ3v) is 3.77. The van der Waals surface area contributed by atoms with Crippen molar-refractivity contribution in [3.63, 3.8) is 0 Å². The third-order valence-electron chi connectivity index (χ3n) is 3.77. The Labute approximate surface area is 115 Å². The van der Waals surface area contributed by atoms with Gasteiger partial charge in [0.25, 0.3) is 0 Å². The van der Waals surface area contributed by atoms with E-state index < -0.39 is 0 Å². The normalized spacial score (nSPS) is 17.7. The highest BCUT2D eigenvalue weighted by atomic mass is 16.5. The van der Waals surface area contributed by atoms with Crippen LogP contribution in [-0.2, 0) is 0 Å². The molecule has 1 saturated heterocycles. The molecule has 2 aromatic carbocycles. The average Bonchev–Trinajstić information content (AvgIpc) is 2.91. The van der Waals surface area contributed by atoms with Gasteiger partial charge in [0.05, 0.1) is 0 Å². The maximum absolute atomic E-state index is 6.04. The summed E-state index contributed by atoms with van der Waals surface area (Å²) in [7, 11) is 0. The van der Waals surface area contributed by atoms with Gasteiger partial charge in [-0.15, -0.1) is 0 Å². The van der Waals surface area contributed by atoms with Crippen LogP contribution in [0.4, 0.5) is 0 Å². The molecule has 0 saturated carbocycles. The van der Waals surface area contributed by atoms with Crippen molar-refractivity contribution in [2.24, 2.45) is 0 Å². The van der Waals surface area contributed by atoms with Gasteiger partial charge in [-0.1, -0.05) is 30.3 Å². The van der Waals surface area contributed by atoms with Crippen molar-refractivity contribution in [2.45, 2.75) is 25.9 Å². The van der Waals surface area contributed by atoms with Gasteiger partial charge in [-0.2, -0.15) is 0 Å². The Hall–Kier alpha value is -1.54. The number of ether oxygens (including phenoxy) is 1. The first-order chi connectivity index (χ1) is 9.31. The fourth-order valence-electron chi connectivity index (χ4n) is 2.84. The zero-order chi connectivity index (χ0) is 13.1. The maximum Gasteiger partial charge on any atom is 0.120 e. The minimum Gasteiger partial charge on any atom is -0.489 e. The molecule has 0 bridgehead atoms. The Morgan fingerprint density at radius 1 is 1.05 bits per heavy atom. The van der Waals surface area contributed by atoms with Gasteiger partial charge in [0.15, 0.2) is 0 Å². The molecule has 19 heavy (non-hydrogen) atoms. The van der Waals surface area contributed by atoms with Crippen molar-refractivity contribution in [1.82, 2.24) is 4.90 Å². The number of likely N-dealkylation sites (tertiary alicyclic amines) is 1. The van der Waals surface area contributed by atoms with E-state index in [1.165, 1.54) is 36.7 Å². The predicted octanol–water partition coefficient (Wildman–Crippen LogP) is 3.70. The predicted molar refractivity (Wildman–Crippen MR) is 79.7 cm³/mol. The number of nitrogens with zero attached hydrogens (tertiary/aromatic N) is 1. The van der Waals surface area contributed by atoms with Gasteiger partial charge in [0.1, 0.15) is 11.9 Å². The number of hydrogen-bond donors (Lipinski definition) is 0. The smallest absolute Gasteiger partial charge is 0.120 e. The van der Waals surface area contributed by atoms with Gasteiger partial charge in [0, 0.05) is 6.54 Å². The van der Waals surface area contributed by atoms with Crippen LogP contribution in [0.1, 0.15) is 19.8 Å². The number of rotatable bonds is 4. The van der Waals surface area contributed by atoms with Crippen LogP contribution in [0, 0.1) is 0 Å². The highest BCUT2D eigenvalue weighted by Crippen LogP contribution is 2.21. The fraction of sp³-hybridized carbons (Fsp3) is 0.412. The van der Waals surface area contributed by atoms with E-state index in [2.05, 4.69) is 54.3 Å². The molecule has 1 atom stereocenters. The minimum atomic E-state index is 0.249. The molecule has 0 amide bonds. The van der Waals surface area contributed by atoms with Crippen LogP contribution in [0.5, 0.6) is 5.75 Å². The van der Waals surface area contributed by atoms with E-state index in [0.717, 1.165) is 12.3 Å². The quantitative estimate of drug-likeness (QED) is 0.826. The Kier molecular flexibility index (Phi) is 3.69. The summed E-state index contributed by atoms with van der Waals surface area (Å²) < 4.78 is 6.04. The summed E-state index contributed by atoms with van der Waals surface area (Å²) in [5, 5.41) is 2.51. The van der Waals surface area contributed by atoms with Crippen LogP contribution < -0.4 is 4.74 Å². The molecule has 2 aromatic rings. The Morgan fingerprint density at radius 3 is 2.58 bits per heavy atom. The summed E-state index contributed by atoms with van der Waals surface area (Å²) in [5.41, 5.74) is 0. The zero-order valence-corrected chi connectivity index (χ0v) is 11.5. The first-order valence-corrected chi connectivity index (χ1v) is 7.19. The Balaban J connectivity index is 1.66. The van der Waals surface area contributed by atoms with Crippen molar-refractivity contribution < 1.29 is 4.74 Å². The molecule has 2 heteroatoms. The van der Waals surface area contributed by atoms with Gasteiger partial charge >= 0.3 is 0 Å². The summed E-state index contributed by atoms with van der Waals surface area (Å²) in [5.74, 6) is 0.977. The molecule has 0 radical (unpaired) electrons. The lowest BCUT2D eigenvalue weighted by atomic mass is 10.1. The first-order valence-electron chi connectivity index (χ1n) is 7.19. The summed E-state index contributed by atoms with van der Waals surface area (Å²) in [4.78, 5) is 2.49. The lowest BCUT2D eigenvalue weighted by molar-refractivity contribution is 0.162. The van der Waals surface area contributed by atoms with E-state index in [-0.39, 0.29) is 6.10 Å². The van der Waals surface area contributed by atoms with E-state index in [9.17, 15) is 0 Å². The molecule has 1 aliphatic rings. The summed E-state index contributed by atoms with van der Waals surface area (Å²) in [6.45, 7) is 5.65. The van der Waals surface area contributed by atoms with E-state index in [1.807, 2.05) is 0 Å². The molecule has 0 N–H and O–H groups in total. The summed E-state index contributed by atoms with van der Waals surface area (Å²) in [6, 6.07) is 14.7. The monoisotopic (exact) mass is 255 g/mol. The molecule has 100 valence electrons. The zero-order valence-electron chi connectivity index (χ0n) is 11.5. The molecule has 0 unspecified atom stereocenters. The van der Waals surface area contributed by atoms with Gasteiger partial charge in [0.2, 0.25) is 0 Å². The van der Waals surface area contributed by atoms with E-state index in [1.54, 1.807) is 0 Å². The molecule has 0 aromatic heterocycles. The molecule has 3 rings (SSSR count). The lowest BCUT2D eigenvalue weighted by Crippen LogP contribution is -2.31. The summed E-state index contributed by atoms with van der Waals surface area (Å²) in [6.07, 6.45) is 2.92. The molecular formula is C17H21NO. The van der Waals surface area contributed by atoms with Crippen molar-refractivity contribution in [3.05, 3.63) is 42.5 Å². The minimum absolute atomic E-state index is 0.249. The van der Waals surface area contributed by atoms with Crippen molar-refractivity contribution in [2.75, 3.05) is 19.6 Å². The number of fused-ring (bicyclic) bond motifs is 1. The van der Waals surface area contributed by atoms with Crippen LogP contribution in [-0.4, -0.2) is 30.6 Å². The third kappa shape index (κ3) is 3.07. The number of hydrogen-bond acceptors (Lipinski definition) is 2. The lowest BCUT2D eigenvalue weighted by Gasteiger charge is -2.21. The van der Waals surface area contributed by atoms with Crippen LogP contribution in [0.3, 0.4) is 0 Å². The maximum atomic E-state index is 6.04. The molecular weight excluding hydrogens is 234 g/mol. The average molecular weight is 255 g/mol. The standard InChI is InChI=1S/C17H21NO/c1-14(13-18-10-4-5-11-18)19-17-9-8-15-6-2-3-7-16(15)12-17/h2-3,6-9,12,14H,4-5,10-11,13H2,1H3/t14-/m1/s1. The second-order valence-corrected chi connectivity index (χ2v) is 5.45. The van der Waals surface area contributed by atoms with Crippen molar-refractivity contribution >= 4 is 10.8 Å². The second kappa shape index (κ2) is 5.62. The molecule has 2 nitrogen and oxygen atoms in total. The van der Waals surface area contributed by atoms with Crippen LogP contribution in [0.2, 0.25) is 0 Å². The highest BCUT2D eigenvalue weighted by Gasteiger charge is 2.15. The largest absolute Gasteiger partial charge is 0.489 e. The van der Waals surface area contributed by atoms with E-state index in [4.69, 9.17) is 4.74 Å². The SMILES string of the molecule is C[C@H](CN1CCCC1)Oc1ccc2ccccc2c1. The van der Waals surface area contributed by atoms with Gasteiger partial charge in [-0.25, -0.2) is 0 Å².